The van der Waals surface area contributed by atoms with Gasteiger partial charge in [-0.1, -0.05) is 41.9 Å². The summed E-state index contributed by atoms with van der Waals surface area (Å²) in [7, 11) is 0. The van der Waals surface area contributed by atoms with Gasteiger partial charge in [-0.15, -0.1) is 0 Å². The van der Waals surface area contributed by atoms with Crippen LogP contribution in [0.15, 0.2) is 77.9 Å². The number of pyridine rings is 1. The third kappa shape index (κ3) is 4.55. The molecule has 2 aromatic carbocycles. The highest BCUT2D eigenvalue weighted by molar-refractivity contribution is 6.30. The normalized spacial score (nSPS) is 10.8. The quantitative estimate of drug-likeness (QED) is 0.521. The van der Waals surface area contributed by atoms with E-state index < -0.39 is 0 Å². The minimum absolute atomic E-state index is 0.152. The van der Waals surface area contributed by atoms with Crippen molar-refractivity contribution in [2.45, 2.75) is 19.5 Å². The second-order valence-corrected chi connectivity index (χ2v) is 7.33. The summed E-state index contributed by atoms with van der Waals surface area (Å²) in [5.41, 5.74) is 2.40. The zero-order valence-corrected chi connectivity index (χ0v) is 16.8. The molecule has 2 heterocycles. The van der Waals surface area contributed by atoms with E-state index in [0.29, 0.717) is 23.4 Å². The van der Waals surface area contributed by atoms with Gasteiger partial charge in [0.05, 0.1) is 11.1 Å². The van der Waals surface area contributed by atoms with Crippen LogP contribution in [0.3, 0.4) is 0 Å². The molecule has 1 amide bonds. The Hall–Kier alpha value is -3.51. The van der Waals surface area contributed by atoms with Gasteiger partial charge in [-0.3, -0.25) is 14.6 Å². The number of amides is 1. The molecule has 0 atom stereocenters. The fourth-order valence-corrected chi connectivity index (χ4v) is 3.36. The minimum Gasteiger partial charge on any atom is -0.350 e. The molecule has 6 nitrogen and oxygen atoms in total. The van der Waals surface area contributed by atoms with E-state index in [1.165, 1.54) is 4.68 Å². The van der Waals surface area contributed by atoms with Crippen molar-refractivity contribution in [2.75, 3.05) is 0 Å². The van der Waals surface area contributed by atoms with Crippen molar-refractivity contribution in [3.8, 4) is 0 Å². The highest BCUT2D eigenvalue weighted by Crippen LogP contribution is 2.16. The highest BCUT2D eigenvalue weighted by Gasteiger charge is 2.13. The molecule has 2 aromatic heterocycles. The SMILES string of the molecule is O=C(Cn1nc(Cc2ccncc2)c2ccccc2c1=O)NCc1ccc(Cl)cc1. The predicted octanol–water partition coefficient (Wildman–Crippen LogP) is 3.35. The van der Waals surface area contributed by atoms with E-state index in [1.54, 1.807) is 30.6 Å². The molecule has 0 unspecified atom stereocenters. The molecule has 0 spiro atoms. The summed E-state index contributed by atoms with van der Waals surface area (Å²) < 4.78 is 1.23. The first-order valence-corrected chi connectivity index (χ1v) is 9.87. The summed E-state index contributed by atoms with van der Waals surface area (Å²) in [6, 6.07) is 18.4. The summed E-state index contributed by atoms with van der Waals surface area (Å²) in [6.45, 7) is 0.197. The molecule has 0 fully saturated rings. The summed E-state index contributed by atoms with van der Waals surface area (Å²) in [5, 5.41) is 9.30. The molecule has 7 heteroatoms. The molecule has 4 rings (SSSR count). The molecule has 0 radical (unpaired) electrons. The third-order valence-corrected chi connectivity index (χ3v) is 5.01. The Morgan fingerprint density at radius 2 is 1.63 bits per heavy atom. The topological polar surface area (TPSA) is 76.9 Å². The molecule has 1 N–H and O–H groups in total. The Balaban J connectivity index is 1.58. The lowest BCUT2D eigenvalue weighted by molar-refractivity contribution is -0.122. The molecule has 0 bridgehead atoms. The first-order valence-electron chi connectivity index (χ1n) is 9.49. The number of halogens is 1. The Bertz CT molecular complexity index is 1240. The molecule has 0 aliphatic rings. The van der Waals surface area contributed by atoms with Gasteiger partial charge in [0, 0.05) is 35.8 Å². The van der Waals surface area contributed by atoms with Crippen molar-refractivity contribution in [2.24, 2.45) is 0 Å². The Morgan fingerprint density at radius 1 is 0.933 bits per heavy atom. The van der Waals surface area contributed by atoms with E-state index in [9.17, 15) is 9.59 Å². The zero-order valence-electron chi connectivity index (χ0n) is 16.1. The monoisotopic (exact) mass is 418 g/mol. The van der Waals surface area contributed by atoms with Crippen LogP contribution >= 0.6 is 11.6 Å². The van der Waals surface area contributed by atoms with Gasteiger partial charge < -0.3 is 5.32 Å². The van der Waals surface area contributed by atoms with Crippen LogP contribution in [0, 0.1) is 0 Å². The second-order valence-electron chi connectivity index (χ2n) is 6.89. The lowest BCUT2D eigenvalue weighted by atomic mass is 10.1. The third-order valence-electron chi connectivity index (χ3n) is 4.76. The average molecular weight is 419 g/mol. The summed E-state index contributed by atoms with van der Waals surface area (Å²) in [5.74, 6) is -0.287. The number of carbonyl (C=O) groups is 1. The molecule has 0 aliphatic carbocycles. The fourth-order valence-electron chi connectivity index (χ4n) is 3.23. The van der Waals surface area contributed by atoms with Crippen LogP contribution < -0.4 is 10.9 Å². The Labute approximate surface area is 178 Å². The number of fused-ring (bicyclic) bond motifs is 1. The fraction of sp³-hybridized carbons (Fsp3) is 0.130. The van der Waals surface area contributed by atoms with Crippen LogP contribution in [0.2, 0.25) is 5.02 Å². The summed E-state index contributed by atoms with van der Waals surface area (Å²) in [4.78, 5) is 29.4. The maximum absolute atomic E-state index is 12.9. The molecule has 150 valence electrons. The molecule has 30 heavy (non-hydrogen) atoms. The van der Waals surface area contributed by atoms with E-state index >= 15 is 0 Å². The highest BCUT2D eigenvalue weighted by atomic mass is 35.5. The zero-order chi connectivity index (χ0) is 20.9. The summed E-state index contributed by atoms with van der Waals surface area (Å²) >= 11 is 5.88. The van der Waals surface area contributed by atoms with Gasteiger partial charge in [-0.2, -0.15) is 5.10 Å². The second kappa shape index (κ2) is 8.88. The van der Waals surface area contributed by atoms with Crippen molar-refractivity contribution in [3.05, 3.63) is 105 Å². The first kappa shape index (κ1) is 19.8. The van der Waals surface area contributed by atoms with Gasteiger partial charge in [0.2, 0.25) is 5.91 Å². The lowest BCUT2D eigenvalue weighted by Crippen LogP contribution is -2.34. The van der Waals surface area contributed by atoms with Crippen molar-refractivity contribution in [3.63, 3.8) is 0 Å². The standard InChI is InChI=1S/C23H19ClN4O2/c24-18-7-5-17(6-8-18)14-26-22(29)15-28-23(30)20-4-2-1-3-19(20)21(27-28)13-16-9-11-25-12-10-16/h1-12H,13-15H2,(H,26,29). The van der Waals surface area contributed by atoms with Crippen LogP contribution in [0.1, 0.15) is 16.8 Å². The molecule has 4 aromatic rings. The van der Waals surface area contributed by atoms with Crippen LogP contribution in [0.4, 0.5) is 0 Å². The van der Waals surface area contributed by atoms with Crippen LogP contribution in [0.25, 0.3) is 10.8 Å². The van der Waals surface area contributed by atoms with Gasteiger partial charge >= 0.3 is 0 Å². The number of benzene rings is 2. The van der Waals surface area contributed by atoms with Crippen LogP contribution in [-0.2, 0) is 24.3 Å². The number of aromatic nitrogens is 3. The Morgan fingerprint density at radius 3 is 2.37 bits per heavy atom. The van der Waals surface area contributed by atoms with Crippen molar-refractivity contribution in [1.29, 1.82) is 0 Å². The molecular weight excluding hydrogens is 400 g/mol. The number of nitrogens with zero attached hydrogens (tertiary/aromatic N) is 3. The van der Waals surface area contributed by atoms with Gasteiger partial charge in [-0.05, 0) is 41.5 Å². The van der Waals surface area contributed by atoms with E-state index in [4.69, 9.17) is 11.6 Å². The average Bonchev–Trinajstić information content (AvgIpc) is 2.77. The largest absolute Gasteiger partial charge is 0.350 e. The van der Waals surface area contributed by atoms with Crippen molar-refractivity contribution in [1.82, 2.24) is 20.1 Å². The number of hydrogen-bond donors (Lipinski definition) is 1. The van der Waals surface area contributed by atoms with Crippen molar-refractivity contribution >= 4 is 28.3 Å². The van der Waals surface area contributed by atoms with Gasteiger partial charge in [0.15, 0.2) is 0 Å². The number of carbonyl (C=O) groups excluding carboxylic acids is 1. The number of hydrogen-bond acceptors (Lipinski definition) is 4. The first-order chi connectivity index (χ1) is 14.6. The molecule has 0 saturated heterocycles. The smallest absolute Gasteiger partial charge is 0.275 e. The van der Waals surface area contributed by atoms with E-state index in [1.807, 2.05) is 42.5 Å². The lowest BCUT2D eigenvalue weighted by Gasteiger charge is -2.11. The van der Waals surface area contributed by atoms with E-state index in [0.717, 1.165) is 22.2 Å². The van der Waals surface area contributed by atoms with Crippen LogP contribution in [0.5, 0.6) is 0 Å². The summed E-state index contributed by atoms with van der Waals surface area (Å²) in [6.07, 6.45) is 3.98. The van der Waals surface area contributed by atoms with Crippen molar-refractivity contribution < 1.29 is 4.79 Å². The van der Waals surface area contributed by atoms with E-state index in [2.05, 4.69) is 15.4 Å². The minimum atomic E-state index is -0.287. The maximum atomic E-state index is 12.9. The maximum Gasteiger partial charge on any atom is 0.275 e. The predicted molar refractivity (Wildman–Crippen MR) is 116 cm³/mol. The molecular formula is C23H19ClN4O2. The van der Waals surface area contributed by atoms with Gasteiger partial charge in [0.25, 0.3) is 5.56 Å². The van der Waals surface area contributed by atoms with Crippen LogP contribution in [-0.4, -0.2) is 20.7 Å². The Kier molecular flexibility index (Phi) is 5.86. The van der Waals surface area contributed by atoms with E-state index in [-0.39, 0.29) is 18.0 Å². The van der Waals surface area contributed by atoms with Gasteiger partial charge in [-0.25, -0.2) is 4.68 Å². The molecule has 0 aliphatic heterocycles. The number of nitrogens with one attached hydrogen (secondary N) is 1. The number of rotatable bonds is 6. The van der Waals surface area contributed by atoms with Gasteiger partial charge in [0.1, 0.15) is 6.54 Å². The molecule has 0 saturated carbocycles.